The van der Waals surface area contributed by atoms with E-state index in [1.165, 1.54) is 0 Å². The fraction of sp³-hybridized carbons (Fsp3) is 0.450. The molecule has 1 N–H and O–H groups in total. The molecule has 5 nitrogen and oxygen atoms in total. The van der Waals surface area contributed by atoms with E-state index in [2.05, 4.69) is 10.3 Å². The average molecular weight is 337 g/mol. The van der Waals surface area contributed by atoms with E-state index in [1.807, 2.05) is 36.5 Å². The van der Waals surface area contributed by atoms with Crippen LogP contribution in [0.1, 0.15) is 43.0 Å². The summed E-state index contributed by atoms with van der Waals surface area (Å²) >= 11 is 0. The highest BCUT2D eigenvalue weighted by Gasteiger charge is 2.28. The van der Waals surface area contributed by atoms with Gasteiger partial charge in [0.1, 0.15) is 0 Å². The summed E-state index contributed by atoms with van der Waals surface area (Å²) in [4.78, 5) is 21.9. The maximum Gasteiger partial charge on any atom is 0.223 e. The van der Waals surface area contributed by atoms with Crippen LogP contribution in [0.4, 0.5) is 0 Å². The van der Waals surface area contributed by atoms with Gasteiger partial charge in [-0.1, -0.05) is 30.3 Å². The molecule has 130 valence electrons. The molecule has 1 amide bonds. The van der Waals surface area contributed by atoms with Crippen molar-refractivity contribution in [3.8, 4) is 11.4 Å². The number of aromatic nitrogens is 2. The van der Waals surface area contributed by atoms with E-state index in [9.17, 15) is 4.79 Å². The second-order valence-electron chi connectivity index (χ2n) is 6.80. The van der Waals surface area contributed by atoms with Crippen molar-refractivity contribution in [2.45, 2.75) is 38.1 Å². The molecule has 1 aromatic heterocycles. The lowest BCUT2D eigenvalue weighted by atomic mass is 9.91. The van der Waals surface area contributed by atoms with Crippen LogP contribution in [0.3, 0.4) is 0 Å². The van der Waals surface area contributed by atoms with Crippen LogP contribution in [0, 0.1) is 5.92 Å². The highest BCUT2D eigenvalue weighted by Crippen LogP contribution is 2.30. The number of amides is 1. The summed E-state index contributed by atoms with van der Waals surface area (Å²) in [5, 5.41) is 3.23. The Morgan fingerprint density at radius 1 is 1.12 bits per heavy atom. The fourth-order valence-electron chi connectivity index (χ4n) is 3.67. The zero-order valence-corrected chi connectivity index (χ0v) is 14.3. The average Bonchev–Trinajstić information content (AvgIpc) is 2.69. The lowest BCUT2D eigenvalue weighted by Gasteiger charge is -2.28. The minimum absolute atomic E-state index is 0.0314. The molecule has 2 heterocycles. The van der Waals surface area contributed by atoms with Gasteiger partial charge in [-0.3, -0.25) is 4.79 Å². The summed E-state index contributed by atoms with van der Waals surface area (Å²) in [5.41, 5.74) is 3.17. The van der Waals surface area contributed by atoms with Crippen molar-refractivity contribution in [1.29, 1.82) is 0 Å². The maximum atomic E-state index is 12.6. The van der Waals surface area contributed by atoms with Gasteiger partial charge in [-0.05, 0) is 32.1 Å². The zero-order chi connectivity index (χ0) is 17.1. The molecule has 0 saturated carbocycles. The Morgan fingerprint density at radius 2 is 1.92 bits per heavy atom. The number of fused-ring (bicyclic) bond motifs is 1. The molecule has 0 spiro atoms. The van der Waals surface area contributed by atoms with E-state index in [1.54, 1.807) is 0 Å². The third-order valence-corrected chi connectivity index (χ3v) is 5.12. The minimum atomic E-state index is 0.0314. The first-order chi connectivity index (χ1) is 12.3. The molecule has 1 aliphatic heterocycles. The molecule has 4 rings (SSSR count). The van der Waals surface area contributed by atoms with Crippen LogP contribution < -0.4 is 5.32 Å². The number of hydrogen-bond donors (Lipinski definition) is 1. The van der Waals surface area contributed by atoms with Gasteiger partial charge >= 0.3 is 0 Å². The Balaban J connectivity index is 1.52. The Morgan fingerprint density at radius 3 is 2.72 bits per heavy atom. The number of carbonyl (C=O) groups is 1. The summed E-state index contributed by atoms with van der Waals surface area (Å²) in [7, 11) is 0. The van der Waals surface area contributed by atoms with E-state index in [0.29, 0.717) is 13.2 Å². The molecule has 25 heavy (non-hydrogen) atoms. The van der Waals surface area contributed by atoms with Crippen molar-refractivity contribution >= 4 is 5.91 Å². The number of ether oxygens (including phenoxy) is 1. The maximum absolute atomic E-state index is 12.6. The second kappa shape index (κ2) is 7.31. The van der Waals surface area contributed by atoms with Crippen LogP contribution in [-0.4, -0.2) is 29.1 Å². The van der Waals surface area contributed by atoms with E-state index >= 15 is 0 Å². The van der Waals surface area contributed by atoms with Crippen molar-refractivity contribution in [1.82, 2.24) is 15.3 Å². The van der Waals surface area contributed by atoms with Crippen molar-refractivity contribution in [3.05, 3.63) is 47.8 Å². The first-order valence-electron chi connectivity index (χ1n) is 9.10. The summed E-state index contributed by atoms with van der Waals surface area (Å²) in [5.74, 6) is 0.979. The quantitative estimate of drug-likeness (QED) is 0.935. The Kier molecular flexibility index (Phi) is 4.74. The third kappa shape index (κ3) is 3.56. The lowest BCUT2D eigenvalue weighted by Crippen LogP contribution is -2.38. The molecule has 1 saturated heterocycles. The molecule has 1 aromatic carbocycles. The molecule has 5 heteroatoms. The standard InChI is InChI=1S/C20H23N3O2/c24-20(15-9-11-25-12-10-15)23-18-8-4-7-17-16(18)13-21-19(22-17)14-5-2-1-3-6-14/h1-3,5-6,13,15,18H,4,7-12H2,(H,23,24)/t18-/m1/s1. The molecule has 1 atom stereocenters. The van der Waals surface area contributed by atoms with E-state index in [0.717, 1.165) is 54.7 Å². The number of rotatable bonds is 3. The second-order valence-corrected chi connectivity index (χ2v) is 6.80. The van der Waals surface area contributed by atoms with E-state index in [-0.39, 0.29) is 17.9 Å². The molecule has 1 aliphatic carbocycles. The van der Waals surface area contributed by atoms with Gasteiger partial charge in [0.15, 0.2) is 5.82 Å². The lowest BCUT2D eigenvalue weighted by molar-refractivity contribution is -0.128. The van der Waals surface area contributed by atoms with Gasteiger partial charge in [0.05, 0.1) is 6.04 Å². The van der Waals surface area contributed by atoms with Crippen LogP contribution in [0.2, 0.25) is 0 Å². The van der Waals surface area contributed by atoms with Gasteiger partial charge in [0.2, 0.25) is 5.91 Å². The Bertz CT molecular complexity index is 742. The normalized spacial score (nSPS) is 20.7. The summed E-state index contributed by atoms with van der Waals surface area (Å²) < 4.78 is 5.35. The van der Waals surface area contributed by atoms with Gasteiger partial charge in [-0.25, -0.2) is 9.97 Å². The zero-order valence-electron chi connectivity index (χ0n) is 14.3. The molecule has 1 fully saturated rings. The first-order valence-corrected chi connectivity index (χ1v) is 9.10. The van der Waals surface area contributed by atoms with Gasteiger partial charge in [0, 0.05) is 42.1 Å². The molecular weight excluding hydrogens is 314 g/mol. The third-order valence-electron chi connectivity index (χ3n) is 5.12. The first kappa shape index (κ1) is 16.2. The van der Waals surface area contributed by atoms with Crippen molar-refractivity contribution in [2.24, 2.45) is 5.92 Å². The number of nitrogens with zero attached hydrogens (tertiary/aromatic N) is 2. The number of benzene rings is 1. The van der Waals surface area contributed by atoms with Crippen LogP contribution in [0.5, 0.6) is 0 Å². The molecule has 0 bridgehead atoms. The van der Waals surface area contributed by atoms with Crippen LogP contribution in [-0.2, 0) is 16.0 Å². The van der Waals surface area contributed by atoms with Crippen molar-refractivity contribution in [2.75, 3.05) is 13.2 Å². The highest BCUT2D eigenvalue weighted by atomic mass is 16.5. The number of nitrogens with one attached hydrogen (secondary N) is 1. The van der Waals surface area contributed by atoms with Crippen LogP contribution in [0.15, 0.2) is 36.5 Å². The molecular formula is C20H23N3O2. The molecule has 0 radical (unpaired) electrons. The van der Waals surface area contributed by atoms with Crippen molar-refractivity contribution in [3.63, 3.8) is 0 Å². The van der Waals surface area contributed by atoms with Gasteiger partial charge in [-0.2, -0.15) is 0 Å². The summed E-state index contributed by atoms with van der Waals surface area (Å²) in [6.45, 7) is 1.37. The molecule has 0 unspecified atom stereocenters. The highest BCUT2D eigenvalue weighted by molar-refractivity contribution is 5.79. The smallest absolute Gasteiger partial charge is 0.223 e. The SMILES string of the molecule is O=C(N[C@@H]1CCCc2nc(-c3ccccc3)ncc21)C1CCOCC1. The predicted octanol–water partition coefficient (Wildman–Crippen LogP) is 3.06. The number of aryl methyl sites for hydroxylation is 1. The minimum Gasteiger partial charge on any atom is -0.381 e. The van der Waals surface area contributed by atoms with Gasteiger partial charge in [-0.15, -0.1) is 0 Å². The van der Waals surface area contributed by atoms with E-state index < -0.39 is 0 Å². The van der Waals surface area contributed by atoms with Crippen LogP contribution in [0.25, 0.3) is 11.4 Å². The Hall–Kier alpha value is -2.27. The molecule has 2 aromatic rings. The van der Waals surface area contributed by atoms with Crippen molar-refractivity contribution < 1.29 is 9.53 Å². The summed E-state index contributed by atoms with van der Waals surface area (Å²) in [6, 6.07) is 10.1. The van der Waals surface area contributed by atoms with Gasteiger partial charge in [0.25, 0.3) is 0 Å². The fourth-order valence-corrected chi connectivity index (χ4v) is 3.67. The van der Waals surface area contributed by atoms with E-state index in [4.69, 9.17) is 9.72 Å². The number of hydrogen-bond acceptors (Lipinski definition) is 4. The molecule has 2 aliphatic rings. The van der Waals surface area contributed by atoms with Crippen LogP contribution >= 0.6 is 0 Å². The topological polar surface area (TPSA) is 64.1 Å². The van der Waals surface area contributed by atoms with Gasteiger partial charge < -0.3 is 10.1 Å². The number of carbonyl (C=O) groups excluding carboxylic acids is 1. The Labute approximate surface area is 147 Å². The largest absolute Gasteiger partial charge is 0.381 e. The summed E-state index contributed by atoms with van der Waals surface area (Å²) in [6.07, 6.45) is 6.47. The predicted molar refractivity (Wildman–Crippen MR) is 94.8 cm³/mol. The monoisotopic (exact) mass is 337 g/mol.